The van der Waals surface area contributed by atoms with Gasteiger partial charge in [-0.15, -0.1) is 0 Å². The summed E-state index contributed by atoms with van der Waals surface area (Å²) in [5.74, 6) is -1.53. The molecule has 40 heteroatoms. The molecule has 4 heterocycles. The van der Waals surface area contributed by atoms with E-state index in [-0.39, 0.29) is 73.4 Å². The molecule has 0 radical (unpaired) electrons. The number of fused-ring (bicyclic) bond motifs is 1. The lowest BCUT2D eigenvalue weighted by molar-refractivity contribution is -0.137. The summed E-state index contributed by atoms with van der Waals surface area (Å²) in [6, 6.07) is 8.48. The number of nitrogens with zero attached hydrogens (tertiary/aromatic N) is 5. The molecule has 2 atom stereocenters. The van der Waals surface area contributed by atoms with Gasteiger partial charge in [-0.05, 0) is 79.8 Å². The Balaban J connectivity index is 0.690. The van der Waals surface area contributed by atoms with Gasteiger partial charge in [0.05, 0.1) is 316 Å². The van der Waals surface area contributed by atoms with Crippen molar-refractivity contribution in [3.05, 3.63) is 71.6 Å². The molecule has 1 aromatic heterocycles. The number of aromatic nitrogens is 1. The molecule has 748 valence electrons. The number of urea groups is 1. The third kappa shape index (κ3) is 62.4. The maximum atomic E-state index is 13.6. The molecule has 40 nitrogen and oxygen atoms in total. The van der Waals surface area contributed by atoms with Crippen LogP contribution in [0.2, 0.25) is 0 Å². The third-order valence-electron chi connectivity index (χ3n) is 19.7. The number of ether oxygens (including phenoxy) is 24. The van der Waals surface area contributed by atoms with Crippen LogP contribution >= 0.6 is 0 Å². The van der Waals surface area contributed by atoms with Crippen molar-refractivity contribution < 1.29 is 147 Å². The van der Waals surface area contributed by atoms with Crippen molar-refractivity contribution in [1.29, 1.82) is 0 Å². The Hall–Kier alpha value is -6.89. The molecule has 131 heavy (non-hydrogen) atoms. The summed E-state index contributed by atoms with van der Waals surface area (Å²) in [6.07, 6.45) is 12.9. The zero-order valence-electron chi connectivity index (χ0n) is 77.9. The number of nitrogens with one attached hydrogen (secondary N) is 4. The van der Waals surface area contributed by atoms with Gasteiger partial charge in [-0.25, -0.2) is 9.80 Å². The fraction of sp³-hybridized carbons (Fsp3) is 0.769. The molecule has 0 saturated heterocycles. The normalized spacial score (nSPS) is 14.0. The molecule has 0 unspecified atom stereocenters. The number of pyridine rings is 1. The number of unbranched alkanes of at least 4 members (excludes halogenated alkanes) is 6. The predicted molar refractivity (Wildman–Crippen MR) is 481 cm³/mol. The van der Waals surface area contributed by atoms with Crippen molar-refractivity contribution in [2.45, 2.75) is 110 Å². The van der Waals surface area contributed by atoms with Gasteiger partial charge >= 0.3 is 6.03 Å². The summed E-state index contributed by atoms with van der Waals surface area (Å²) in [6.45, 7) is 26.2. The SMILES string of the molecule is COCCOCCOCCOCCOCCOCCOCCOCCOCCOCCOCCOCCOCCOCCOCCOCCOCCOCCOCCOCCOCCOCCOCCOCCC(=O)NCCCC[C@@H](NC(=O)CCCCCN1C(=O)C=CC1=O)C(=O)NCCCCCCN1N=C(c2ccc(NC(=O)N3Cc4ccncc4C3)cc2)[C@H](C)CC1=O. The van der Waals surface area contributed by atoms with Crippen LogP contribution in [0.4, 0.5) is 10.5 Å². The van der Waals surface area contributed by atoms with Gasteiger partial charge in [-0.3, -0.25) is 38.7 Å². The van der Waals surface area contributed by atoms with Crippen LogP contribution in [0.5, 0.6) is 0 Å². The summed E-state index contributed by atoms with van der Waals surface area (Å²) in [7, 11) is 1.64. The summed E-state index contributed by atoms with van der Waals surface area (Å²) in [5, 5.41) is 18.1. The van der Waals surface area contributed by atoms with Gasteiger partial charge in [-0.2, -0.15) is 5.10 Å². The van der Waals surface area contributed by atoms with Crippen LogP contribution in [0, 0.1) is 5.92 Å². The van der Waals surface area contributed by atoms with Gasteiger partial charge in [0.1, 0.15) is 6.04 Å². The topological polar surface area (TPSA) is 424 Å². The lowest BCUT2D eigenvalue weighted by atomic mass is 9.93. The zero-order valence-corrected chi connectivity index (χ0v) is 77.9. The highest BCUT2D eigenvalue weighted by atomic mass is 16.6. The van der Waals surface area contributed by atoms with E-state index in [1.54, 1.807) is 29.4 Å². The second kappa shape index (κ2) is 82.6. The number of carbonyl (C=O) groups is 7. The van der Waals surface area contributed by atoms with Crippen molar-refractivity contribution in [3.8, 4) is 0 Å². The number of hydrogen-bond donors (Lipinski definition) is 4. The molecule has 0 aliphatic carbocycles. The van der Waals surface area contributed by atoms with E-state index in [1.165, 1.54) is 17.1 Å². The quantitative estimate of drug-likeness (QED) is 0.0521. The number of rotatable bonds is 94. The Morgan fingerprint density at radius 2 is 0.733 bits per heavy atom. The first-order chi connectivity index (χ1) is 64.5. The average molecular weight is 1870 g/mol. The second-order valence-corrected chi connectivity index (χ2v) is 30.1. The van der Waals surface area contributed by atoms with E-state index in [4.69, 9.17) is 119 Å². The van der Waals surface area contributed by atoms with Gasteiger partial charge in [0.25, 0.3) is 11.8 Å². The van der Waals surface area contributed by atoms with Crippen molar-refractivity contribution >= 4 is 52.9 Å². The Morgan fingerprint density at radius 3 is 1.13 bits per heavy atom. The van der Waals surface area contributed by atoms with E-state index in [0.29, 0.717) is 394 Å². The molecule has 0 saturated carbocycles. The number of hydrazone groups is 1. The lowest BCUT2D eigenvalue weighted by Crippen LogP contribution is -2.47. The maximum Gasteiger partial charge on any atom is 0.322 e. The molecule has 0 spiro atoms. The molecule has 3 aliphatic rings. The minimum absolute atomic E-state index is 0.0366. The first kappa shape index (κ1) is 115. The predicted octanol–water partition coefficient (Wildman–Crippen LogP) is 4.55. The lowest BCUT2D eigenvalue weighted by Gasteiger charge is -2.28. The molecular formula is C91H153N9O31. The number of amides is 8. The minimum atomic E-state index is -0.781. The van der Waals surface area contributed by atoms with Gasteiger partial charge in [-0.1, -0.05) is 38.3 Å². The molecule has 8 amide bonds. The first-order valence-corrected chi connectivity index (χ1v) is 46.6. The Kier molecular flexibility index (Phi) is 72.2. The van der Waals surface area contributed by atoms with E-state index in [0.717, 1.165) is 41.7 Å². The van der Waals surface area contributed by atoms with Crippen LogP contribution in [0.25, 0.3) is 0 Å². The van der Waals surface area contributed by atoms with Crippen LogP contribution in [0.1, 0.15) is 107 Å². The van der Waals surface area contributed by atoms with Crippen LogP contribution in [0.15, 0.2) is 60.0 Å². The fourth-order valence-corrected chi connectivity index (χ4v) is 12.6. The van der Waals surface area contributed by atoms with E-state index in [9.17, 15) is 33.6 Å². The molecular weight excluding hydrogens is 1720 g/mol. The van der Waals surface area contributed by atoms with Crippen molar-refractivity contribution in [2.75, 3.05) is 349 Å². The highest BCUT2D eigenvalue weighted by molar-refractivity contribution is 6.12. The molecule has 3 aliphatic heterocycles. The summed E-state index contributed by atoms with van der Waals surface area (Å²) in [5.41, 5.74) is 4.48. The monoisotopic (exact) mass is 1870 g/mol. The minimum Gasteiger partial charge on any atom is -0.382 e. The summed E-state index contributed by atoms with van der Waals surface area (Å²) in [4.78, 5) is 96.3. The highest BCUT2D eigenvalue weighted by Crippen LogP contribution is 2.25. The second-order valence-electron chi connectivity index (χ2n) is 30.1. The number of carbonyl (C=O) groups excluding carboxylic acids is 7. The third-order valence-corrected chi connectivity index (χ3v) is 19.7. The smallest absolute Gasteiger partial charge is 0.322 e. The number of methoxy groups -OCH3 is 1. The van der Waals surface area contributed by atoms with Gasteiger partial charge in [0.2, 0.25) is 23.6 Å². The van der Waals surface area contributed by atoms with E-state index in [1.807, 2.05) is 37.3 Å². The van der Waals surface area contributed by atoms with E-state index in [2.05, 4.69) is 26.3 Å². The number of hydrogen-bond acceptors (Lipinski definition) is 33. The van der Waals surface area contributed by atoms with E-state index >= 15 is 0 Å². The molecule has 0 fully saturated rings. The number of imide groups is 1. The number of benzene rings is 1. The van der Waals surface area contributed by atoms with Crippen molar-refractivity contribution in [2.24, 2.45) is 11.0 Å². The van der Waals surface area contributed by atoms with Crippen LogP contribution < -0.4 is 21.3 Å². The molecule has 2 aromatic rings. The highest BCUT2D eigenvalue weighted by Gasteiger charge is 2.29. The average Bonchev–Trinajstić information content (AvgIpc) is 1.63. The zero-order chi connectivity index (χ0) is 93.1. The van der Waals surface area contributed by atoms with Crippen molar-refractivity contribution in [3.63, 3.8) is 0 Å². The molecule has 5 rings (SSSR count). The van der Waals surface area contributed by atoms with Gasteiger partial charge in [0.15, 0.2) is 0 Å². The molecule has 1 aromatic carbocycles. The number of anilines is 1. The standard InChI is InChI=1S/C91H153N9O31/c1-78-74-88(105)100(97-89(78)79-14-16-82(17-15-79)95-91(107)98-76-80-20-24-92-75-81(80)77-98)26-11-4-3-8-23-94-90(106)83(96-85(102)13-6-5-10-25-99-86(103)18-19-87(99)104)12-7-9-22-93-84(101)21-27-109-30-31-111-34-35-113-38-39-115-42-43-117-46-47-119-50-51-121-54-55-123-58-59-125-62-63-127-66-67-129-70-71-131-73-72-130-69-68-128-65-64-126-61-60-124-57-56-122-53-52-120-49-48-118-45-44-116-41-40-114-37-36-112-33-32-110-29-28-108-2/h14-20,24,75,78,83H,3-13,21-23,25-74,76-77H2,1-2H3,(H,93,101)(H,94,106)(H,95,107)(H,96,102)/t78-,83-/m1/s1. The van der Waals surface area contributed by atoms with Gasteiger partial charge < -0.3 is 140 Å². The van der Waals surface area contributed by atoms with E-state index < -0.39 is 6.04 Å². The Morgan fingerprint density at radius 1 is 0.382 bits per heavy atom. The van der Waals surface area contributed by atoms with Crippen LogP contribution in [-0.4, -0.2) is 417 Å². The Bertz CT molecular complexity index is 3210. The maximum absolute atomic E-state index is 13.6. The largest absolute Gasteiger partial charge is 0.382 e. The molecule has 4 N–H and O–H groups in total. The Labute approximate surface area is 773 Å². The summed E-state index contributed by atoms with van der Waals surface area (Å²) >= 11 is 0. The van der Waals surface area contributed by atoms with Gasteiger partial charge in [0, 0.05) is 102 Å². The fourth-order valence-electron chi connectivity index (χ4n) is 12.6. The van der Waals surface area contributed by atoms with Crippen molar-refractivity contribution in [1.82, 2.24) is 35.7 Å². The van der Waals surface area contributed by atoms with Crippen LogP contribution in [0.3, 0.4) is 0 Å². The molecule has 0 bridgehead atoms. The first-order valence-electron chi connectivity index (χ1n) is 46.6. The van der Waals surface area contributed by atoms with Crippen LogP contribution in [-0.2, 0) is 156 Å². The summed E-state index contributed by atoms with van der Waals surface area (Å²) < 4.78 is 132.